The fourth-order valence-electron chi connectivity index (χ4n) is 7.74. The molecular weight excluding hydrogens is 622 g/mol. The lowest BCUT2D eigenvalue weighted by Gasteiger charge is -2.48. The molecule has 2 aromatic heterocycles. The molecule has 6 heterocycles. The van der Waals surface area contributed by atoms with Gasteiger partial charge in [-0.1, -0.05) is 17.3 Å². The van der Waals surface area contributed by atoms with Crippen molar-refractivity contribution in [3.63, 3.8) is 0 Å². The molecule has 1 atom stereocenters. The minimum absolute atomic E-state index is 0.143. The molecular formula is C36H41N9O4. The van der Waals surface area contributed by atoms with E-state index in [-0.39, 0.29) is 17.5 Å². The topological polar surface area (TPSA) is 163 Å². The van der Waals surface area contributed by atoms with Gasteiger partial charge in [0, 0.05) is 61.5 Å². The van der Waals surface area contributed by atoms with E-state index in [0.29, 0.717) is 41.9 Å². The highest BCUT2D eigenvalue weighted by Gasteiger charge is 2.36. The van der Waals surface area contributed by atoms with E-state index in [1.165, 1.54) is 12.0 Å². The van der Waals surface area contributed by atoms with Crippen molar-refractivity contribution in [2.75, 3.05) is 54.4 Å². The van der Waals surface area contributed by atoms with Crippen LogP contribution < -0.4 is 26.2 Å². The lowest BCUT2D eigenvalue weighted by molar-refractivity contribution is -0.134. The summed E-state index contributed by atoms with van der Waals surface area (Å²) in [7, 11) is 0. The third kappa shape index (κ3) is 6.30. The van der Waals surface area contributed by atoms with Crippen molar-refractivity contribution in [3.05, 3.63) is 65.6 Å². The molecule has 4 fully saturated rings. The zero-order chi connectivity index (χ0) is 33.5. The summed E-state index contributed by atoms with van der Waals surface area (Å²) in [6.07, 6.45) is 8.08. The lowest BCUT2D eigenvalue weighted by Crippen LogP contribution is -2.60. The molecule has 8 rings (SSSR count). The largest absolute Gasteiger partial charge is 0.368 e. The summed E-state index contributed by atoms with van der Waals surface area (Å²) >= 11 is 0. The third-order valence-corrected chi connectivity index (χ3v) is 10.6. The van der Waals surface area contributed by atoms with Gasteiger partial charge in [-0.3, -0.25) is 24.6 Å². The van der Waals surface area contributed by atoms with Crippen molar-refractivity contribution in [1.29, 1.82) is 0 Å². The van der Waals surface area contributed by atoms with Gasteiger partial charge in [0.05, 0.1) is 12.1 Å². The molecule has 0 aliphatic carbocycles. The van der Waals surface area contributed by atoms with Gasteiger partial charge in [-0.05, 0) is 87.4 Å². The first kappa shape index (κ1) is 31.2. The standard InChI is InChI=1S/C36H41N9O4/c37-34(47)33-35(40-30(19-38-33)44-14-2-1-3-15-44)39-24-6-4-22(5-7-24)23-12-16-43(17-13-23)26-20-45(21-26)25-8-9-27-29(18-25)49-42-32(27)28-10-11-31(46)41-36(28)48/h4-9,18-19,23,26,28H,1-3,10-17,20-21H2,(H2,37,47)(H,39,40)(H,41,46,48). The van der Waals surface area contributed by atoms with Crippen molar-refractivity contribution in [1.82, 2.24) is 25.3 Å². The van der Waals surface area contributed by atoms with E-state index in [2.05, 4.69) is 53.7 Å². The van der Waals surface area contributed by atoms with Gasteiger partial charge in [0.25, 0.3) is 5.91 Å². The van der Waals surface area contributed by atoms with Crippen LogP contribution in [0.15, 0.2) is 53.2 Å². The molecule has 13 nitrogen and oxygen atoms in total. The molecule has 4 aliphatic rings. The number of rotatable bonds is 8. The molecule has 4 aromatic rings. The van der Waals surface area contributed by atoms with Crippen LogP contribution in [0.3, 0.4) is 0 Å². The van der Waals surface area contributed by atoms with Crippen LogP contribution in [0.4, 0.5) is 23.0 Å². The fourth-order valence-corrected chi connectivity index (χ4v) is 7.74. The second kappa shape index (κ2) is 13.1. The van der Waals surface area contributed by atoms with Gasteiger partial charge >= 0.3 is 0 Å². The molecule has 0 bridgehead atoms. The maximum Gasteiger partial charge on any atom is 0.271 e. The molecule has 4 aliphatic heterocycles. The average molecular weight is 664 g/mol. The van der Waals surface area contributed by atoms with Gasteiger partial charge in [-0.15, -0.1) is 0 Å². The Morgan fingerprint density at radius 3 is 2.45 bits per heavy atom. The van der Waals surface area contributed by atoms with Gasteiger partial charge < -0.3 is 25.4 Å². The number of hydrogen-bond donors (Lipinski definition) is 3. The molecule has 0 saturated carbocycles. The van der Waals surface area contributed by atoms with Crippen molar-refractivity contribution in [3.8, 4) is 0 Å². The summed E-state index contributed by atoms with van der Waals surface area (Å²) < 4.78 is 5.63. The Morgan fingerprint density at radius 1 is 0.939 bits per heavy atom. The molecule has 0 spiro atoms. The van der Waals surface area contributed by atoms with Gasteiger partial charge in [-0.25, -0.2) is 9.97 Å². The molecule has 3 amide bonds. The fraction of sp³-hybridized carbons (Fsp3) is 0.444. The molecule has 13 heteroatoms. The van der Waals surface area contributed by atoms with Crippen molar-refractivity contribution < 1.29 is 18.9 Å². The number of benzene rings is 2. The first-order valence-corrected chi connectivity index (χ1v) is 17.4. The molecule has 4 N–H and O–H groups in total. The first-order valence-electron chi connectivity index (χ1n) is 17.4. The number of anilines is 4. The number of aromatic nitrogens is 3. The number of nitrogens with zero attached hydrogens (tertiary/aromatic N) is 6. The van der Waals surface area contributed by atoms with Gasteiger partial charge in [-0.2, -0.15) is 0 Å². The summed E-state index contributed by atoms with van der Waals surface area (Å²) in [5.74, 6) is 0.0454. The van der Waals surface area contributed by atoms with Crippen LogP contribution >= 0.6 is 0 Å². The average Bonchev–Trinajstić information content (AvgIpc) is 3.52. The number of imide groups is 1. The zero-order valence-corrected chi connectivity index (χ0v) is 27.4. The highest BCUT2D eigenvalue weighted by molar-refractivity contribution is 6.02. The van der Waals surface area contributed by atoms with Crippen molar-refractivity contribution in [2.45, 2.75) is 62.8 Å². The second-order valence-corrected chi connectivity index (χ2v) is 13.7. The molecule has 49 heavy (non-hydrogen) atoms. The van der Waals surface area contributed by atoms with Crippen LogP contribution in [-0.2, 0) is 9.59 Å². The van der Waals surface area contributed by atoms with E-state index in [0.717, 1.165) is 87.5 Å². The van der Waals surface area contributed by atoms with Crippen LogP contribution in [0.5, 0.6) is 0 Å². The predicted molar refractivity (Wildman–Crippen MR) is 185 cm³/mol. The van der Waals surface area contributed by atoms with E-state index >= 15 is 0 Å². The monoisotopic (exact) mass is 663 g/mol. The van der Waals surface area contributed by atoms with E-state index in [1.54, 1.807) is 6.20 Å². The van der Waals surface area contributed by atoms with Crippen molar-refractivity contribution in [2.24, 2.45) is 5.73 Å². The second-order valence-electron chi connectivity index (χ2n) is 13.7. The number of likely N-dealkylation sites (tertiary alicyclic amines) is 1. The number of hydrogen-bond acceptors (Lipinski definition) is 11. The number of nitrogens with one attached hydrogen (secondary N) is 2. The van der Waals surface area contributed by atoms with Crippen LogP contribution in [0, 0.1) is 0 Å². The lowest BCUT2D eigenvalue weighted by atomic mass is 9.88. The van der Waals surface area contributed by atoms with E-state index in [4.69, 9.17) is 15.2 Å². The number of fused-ring (bicyclic) bond motifs is 1. The maximum atomic E-state index is 12.4. The van der Waals surface area contributed by atoms with Gasteiger partial charge in [0.1, 0.15) is 11.5 Å². The van der Waals surface area contributed by atoms with E-state index in [9.17, 15) is 14.4 Å². The third-order valence-electron chi connectivity index (χ3n) is 10.6. The number of nitrogens with two attached hydrogens (primary N) is 1. The molecule has 254 valence electrons. The Balaban J connectivity index is 0.846. The van der Waals surface area contributed by atoms with Gasteiger partial charge in [0.2, 0.25) is 11.8 Å². The Hall–Kier alpha value is -5.04. The Morgan fingerprint density at radius 2 is 1.71 bits per heavy atom. The number of amides is 3. The predicted octanol–water partition coefficient (Wildman–Crippen LogP) is 4.04. The van der Waals surface area contributed by atoms with Crippen LogP contribution in [-0.4, -0.2) is 83.1 Å². The highest BCUT2D eigenvalue weighted by Crippen LogP contribution is 2.36. The minimum Gasteiger partial charge on any atom is -0.368 e. The summed E-state index contributed by atoms with van der Waals surface area (Å²) in [6, 6.07) is 15.0. The number of piperidine rings is 3. The van der Waals surface area contributed by atoms with Gasteiger partial charge in [0.15, 0.2) is 17.1 Å². The highest BCUT2D eigenvalue weighted by atomic mass is 16.5. The van der Waals surface area contributed by atoms with E-state index in [1.807, 2.05) is 24.3 Å². The summed E-state index contributed by atoms with van der Waals surface area (Å²) in [6.45, 7) is 5.90. The molecule has 1 unspecified atom stereocenters. The molecule has 4 saturated heterocycles. The Labute approximate surface area is 284 Å². The Kier molecular flexibility index (Phi) is 8.36. The molecule has 2 aromatic carbocycles. The van der Waals surface area contributed by atoms with Crippen LogP contribution in [0.1, 0.15) is 78.5 Å². The normalized spacial score (nSPS) is 21.1. The number of carbonyl (C=O) groups excluding carboxylic acids is 3. The first-order chi connectivity index (χ1) is 23.9. The number of carbonyl (C=O) groups is 3. The maximum absolute atomic E-state index is 12.4. The zero-order valence-electron chi connectivity index (χ0n) is 27.4. The van der Waals surface area contributed by atoms with Crippen LogP contribution in [0.2, 0.25) is 0 Å². The SMILES string of the molecule is NC(=O)c1ncc(N2CCCCC2)nc1Nc1ccc(C2CCN(C3CN(c4ccc5c(C6CCC(=O)NC6=O)noc5c4)C3)CC2)cc1. The summed E-state index contributed by atoms with van der Waals surface area (Å²) in [4.78, 5) is 52.3. The minimum atomic E-state index is -0.602. The van der Waals surface area contributed by atoms with Crippen molar-refractivity contribution >= 4 is 51.7 Å². The summed E-state index contributed by atoms with van der Waals surface area (Å²) in [5, 5.41) is 10.7. The Bertz CT molecular complexity index is 1870. The quantitative estimate of drug-likeness (QED) is 0.233. The number of primary amides is 1. The van der Waals surface area contributed by atoms with Crippen LogP contribution in [0.25, 0.3) is 11.0 Å². The van der Waals surface area contributed by atoms with E-state index < -0.39 is 11.8 Å². The smallest absolute Gasteiger partial charge is 0.271 e. The molecule has 0 radical (unpaired) electrons. The summed E-state index contributed by atoms with van der Waals surface area (Å²) in [5.41, 5.74) is 10.3.